The first-order chi connectivity index (χ1) is 1.73. The first-order valence-corrected chi connectivity index (χ1v) is 0.612. The van der Waals surface area contributed by atoms with Gasteiger partial charge in [0.15, 0.2) is 0 Å². The van der Waals surface area contributed by atoms with E-state index in [0.717, 1.165) is 0 Å². The van der Waals surface area contributed by atoms with Crippen LogP contribution in [0.15, 0.2) is 0 Å². The van der Waals surface area contributed by atoms with Gasteiger partial charge in [0.2, 0.25) is 0 Å². The summed E-state index contributed by atoms with van der Waals surface area (Å²) in [6.45, 7) is 0. The second kappa shape index (κ2) is 24.2. The Balaban J connectivity index is -0.00000000750. The van der Waals surface area contributed by atoms with Crippen LogP contribution in [0.4, 0.5) is 4.79 Å². The molecule has 0 fully saturated rings. The molecule has 0 aliphatic carbocycles. The molecule has 8 heavy (non-hydrogen) atoms. The minimum Gasteiger partial charge on any atom is -0.870 e. The van der Waals surface area contributed by atoms with Gasteiger partial charge >= 0.3 is 59.9 Å². The molecule has 0 radical (unpaired) electrons. The van der Waals surface area contributed by atoms with Crippen molar-refractivity contribution in [3.05, 3.63) is 0 Å². The third-order valence-electron chi connectivity index (χ3n) is 0. The molecule has 0 spiro atoms. The number of carboxylic acid groups (broad SMARTS) is 2. The van der Waals surface area contributed by atoms with Crippen LogP contribution in [0.3, 0.4) is 0 Å². The van der Waals surface area contributed by atoms with Crippen LogP contribution in [0, 0.1) is 0 Å². The van der Waals surface area contributed by atoms with E-state index in [1.807, 2.05) is 0 Å². The maximum absolute atomic E-state index is 8.33. The zero-order valence-electron chi connectivity index (χ0n) is 4.16. The van der Waals surface area contributed by atoms with Crippen molar-refractivity contribution >= 4 is 46.6 Å². The van der Waals surface area contributed by atoms with Gasteiger partial charge in [-0.1, -0.05) is 0 Å². The van der Waals surface area contributed by atoms with Crippen molar-refractivity contribution in [2.75, 3.05) is 0 Å². The Labute approximate surface area is 86.0 Å². The molecule has 4 nitrogen and oxygen atoms in total. The van der Waals surface area contributed by atoms with Gasteiger partial charge in [-0.3, -0.25) is 0 Å². The third-order valence-corrected chi connectivity index (χ3v) is 0. The Morgan fingerprint density at radius 3 is 1.25 bits per heavy atom. The Kier molecular flexibility index (Phi) is 107. The van der Waals surface area contributed by atoms with E-state index in [4.69, 9.17) is 15.0 Å². The number of carbonyl (C=O) groups is 1. The van der Waals surface area contributed by atoms with Crippen LogP contribution in [0.1, 0.15) is 0 Å². The molecule has 1 N–H and O–H groups in total. The van der Waals surface area contributed by atoms with Crippen LogP contribution in [0.5, 0.6) is 0 Å². The van der Waals surface area contributed by atoms with E-state index in [9.17, 15) is 0 Å². The Hall–Kier alpha value is 1.15. The molecule has 0 aromatic carbocycles. The predicted octanol–water partition coefficient (Wildman–Crippen LogP) is -3.39. The summed E-state index contributed by atoms with van der Waals surface area (Å²) in [5.74, 6) is 0. The van der Waals surface area contributed by atoms with Crippen LogP contribution in [0.2, 0.25) is 0 Å². The van der Waals surface area contributed by atoms with Crippen molar-refractivity contribution < 1.29 is 40.0 Å². The molecule has 0 heterocycles. The van der Waals surface area contributed by atoms with Crippen molar-refractivity contribution in [1.29, 1.82) is 0 Å². The smallest absolute Gasteiger partial charge is 0.870 e. The summed E-state index contributed by atoms with van der Waals surface area (Å²) < 4.78 is 0. The van der Waals surface area contributed by atoms with Crippen LogP contribution >= 0.6 is 0 Å². The first-order valence-electron chi connectivity index (χ1n) is 0.612. The van der Waals surface area contributed by atoms with Gasteiger partial charge in [-0.2, -0.15) is 0 Å². The van der Waals surface area contributed by atoms with Gasteiger partial charge in [0.05, 0.1) is 0 Å². The third kappa shape index (κ3) is 204. The zero-order valence-corrected chi connectivity index (χ0v) is 9.70. The summed E-state index contributed by atoms with van der Waals surface area (Å²) in [6, 6.07) is 0. The van der Waals surface area contributed by atoms with Gasteiger partial charge < -0.3 is 20.5 Å². The van der Waals surface area contributed by atoms with Crippen molar-refractivity contribution in [3.8, 4) is 0 Å². The quantitative estimate of drug-likeness (QED) is 0.375. The van der Waals surface area contributed by atoms with E-state index in [1.54, 1.807) is 0 Å². The molecule has 0 unspecified atom stereocenters. The summed E-state index contributed by atoms with van der Waals surface area (Å²) >= 11 is 0. The van der Waals surface area contributed by atoms with E-state index in [0.29, 0.717) is 0 Å². The Morgan fingerprint density at radius 2 is 1.25 bits per heavy atom. The number of rotatable bonds is 0. The summed E-state index contributed by atoms with van der Waals surface area (Å²) in [5.41, 5.74) is 0. The standard InChI is InChI=1S/CH2O3.Al.Mg.H2O.Zn/c2-1(3)4;;;;/h(H2,2,3,4);;;1H2;/q;+3;+2;;+2/p-3. The van der Waals surface area contributed by atoms with E-state index in [2.05, 4.69) is 0 Å². The molecule has 0 atom stereocenters. The molecule has 0 aromatic heterocycles. The summed E-state index contributed by atoms with van der Waals surface area (Å²) in [7, 11) is 0. The molecular weight excluding hydrogens is 193 g/mol. The van der Waals surface area contributed by atoms with E-state index < -0.39 is 6.16 Å². The Morgan fingerprint density at radius 1 is 1.25 bits per heavy atom. The molecule has 0 aliphatic rings. The van der Waals surface area contributed by atoms with E-state index >= 15 is 0 Å². The fourth-order valence-electron chi connectivity index (χ4n) is 0. The maximum Gasteiger partial charge on any atom is 3.00 e. The van der Waals surface area contributed by atoms with Crippen LogP contribution < -0.4 is 10.2 Å². The maximum atomic E-state index is 8.33. The van der Waals surface area contributed by atoms with Gasteiger partial charge in [0.1, 0.15) is 0 Å². The molecule has 0 saturated carbocycles. The molecule has 0 aliphatic heterocycles. The van der Waals surface area contributed by atoms with E-state index in [-0.39, 0.29) is 65.4 Å². The topological polar surface area (TPSA) is 93.2 Å². The van der Waals surface area contributed by atoms with Gasteiger partial charge in [-0.05, 0) is 6.16 Å². The minimum atomic E-state index is -2.33. The van der Waals surface area contributed by atoms with Crippen LogP contribution in [-0.4, -0.2) is 52.0 Å². The van der Waals surface area contributed by atoms with Crippen LogP contribution in [-0.2, 0) is 19.5 Å². The van der Waals surface area contributed by atoms with Crippen LogP contribution in [0.25, 0.3) is 0 Å². The summed E-state index contributed by atoms with van der Waals surface area (Å²) in [5, 5.41) is 16.7. The molecular formula is CHAlMgO4Zn+4. The van der Waals surface area contributed by atoms with Gasteiger partial charge in [-0.15, -0.1) is 0 Å². The molecule has 0 amide bonds. The molecule has 0 aromatic rings. The van der Waals surface area contributed by atoms with Crippen molar-refractivity contribution in [2.24, 2.45) is 0 Å². The Bertz CT molecular complexity index is 39.0. The average molecular weight is 194 g/mol. The molecule has 0 rings (SSSR count). The normalized spacial score (nSPS) is 3.00. The number of carbonyl (C=O) groups excluding carboxylic acids is 1. The van der Waals surface area contributed by atoms with Crippen molar-refractivity contribution in [1.82, 2.24) is 0 Å². The molecule has 7 heteroatoms. The fourth-order valence-corrected chi connectivity index (χ4v) is 0. The minimum absolute atomic E-state index is 0. The number of hydrogen-bond acceptors (Lipinski definition) is 4. The van der Waals surface area contributed by atoms with Gasteiger partial charge in [0.25, 0.3) is 0 Å². The zero-order chi connectivity index (χ0) is 3.58. The largest absolute Gasteiger partial charge is 3.00 e. The molecule has 0 saturated heterocycles. The monoisotopic (exact) mass is 192 g/mol. The van der Waals surface area contributed by atoms with E-state index in [1.165, 1.54) is 0 Å². The molecule has 32 valence electrons. The van der Waals surface area contributed by atoms with Crippen molar-refractivity contribution in [2.45, 2.75) is 0 Å². The first kappa shape index (κ1) is 35.3. The van der Waals surface area contributed by atoms with Gasteiger partial charge in [-0.25, -0.2) is 0 Å². The number of hydrogen-bond donors (Lipinski definition) is 0. The van der Waals surface area contributed by atoms with Crippen molar-refractivity contribution in [3.63, 3.8) is 0 Å². The SMILES string of the molecule is O=C([O-])[O-].[Al+3].[Mg+2].[OH-].[Zn+2]. The second-order valence-electron chi connectivity index (χ2n) is 0.250. The average Bonchev–Trinajstić information content (AvgIpc) is 0.811. The summed E-state index contributed by atoms with van der Waals surface area (Å²) in [6.07, 6.45) is -2.33. The second-order valence-corrected chi connectivity index (χ2v) is 0.250. The fraction of sp³-hybridized carbons (Fsp3) is 0. The molecule has 0 bridgehead atoms. The summed E-state index contributed by atoms with van der Waals surface area (Å²) in [4.78, 5) is 8.33. The predicted molar refractivity (Wildman–Crippen MR) is 18.8 cm³/mol. The van der Waals surface area contributed by atoms with Gasteiger partial charge in [0, 0.05) is 0 Å².